The molecule has 9 nitrogen and oxygen atoms in total. The van der Waals surface area contributed by atoms with E-state index in [1.807, 2.05) is 0 Å². The van der Waals surface area contributed by atoms with Crippen molar-refractivity contribution in [2.75, 3.05) is 26.4 Å². The van der Waals surface area contributed by atoms with Crippen LogP contribution in [0, 0.1) is 0 Å². The topological polar surface area (TPSA) is 134 Å². The molecule has 0 heterocycles. The highest BCUT2D eigenvalue weighted by molar-refractivity contribution is 7.47. The highest BCUT2D eigenvalue weighted by Gasteiger charge is 2.26. The Morgan fingerprint density at radius 2 is 0.642 bits per heavy atom. The van der Waals surface area contributed by atoms with Gasteiger partial charge in [0.25, 0.3) is 0 Å². The Bertz CT molecular complexity index is 1470. The van der Waals surface area contributed by atoms with Gasteiger partial charge in [0, 0.05) is 19.4 Å². The van der Waals surface area contributed by atoms with E-state index in [1.54, 1.807) is 0 Å². The number of carbonyl (C=O) groups excluding carboxylic acids is 2. The van der Waals surface area contributed by atoms with Gasteiger partial charge in [0.05, 0.1) is 13.2 Å². The number of unbranched alkanes of at least 4 members (excludes halogenated alkanes) is 46. The fraction of sp³-hybridized carbons (Fsp3) is 0.859. The first-order chi connectivity index (χ1) is 39.8. The standard InChI is InChI=1S/C71H134NO8P/c1-3-5-7-9-11-13-15-17-19-21-23-25-27-28-29-30-31-32-33-34-35-36-37-38-39-40-42-44-46-48-50-52-54-56-58-60-62-64-71(74)80-69(68-79-81(75,76)78-66-65-72)67-77-70(73)63-61-59-57-55-53-51-49-47-45-43-41-26-24-22-20-18-16-14-12-10-8-6-4-2/h15-18,21-24,69H,3-14,19-20,25-68,72H2,1-2H3,(H,75,76)/b17-15-,18-16-,23-21-,24-22-. The predicted molar refractivity (Wildman–Crippen MR) is 349 cm³/mol. The van der Waals surface area contributed by atoms with Crippen molar-refractivity contribution in [3.63, 3.8) is 0 Å². The van der Waals surface area contributed by atoms with Crippen LogP contribution in [0.4, 0.5) is 0 Å². The summed E-state index contributed by atoms with van der Waals surface area (Å²) in [5.41, 5.74) is 5.40. The minimum atomic E-state index is -4.39. The molecule has 0 aromatic carbocycles. The summed E-state index contributed by atoms with van der Waals surface area (Å²) in [6, 6.07) is 0. The molecule has 0 spiro atoms. The van der Waals surface area contributed by atoms with Crippen molar-refractivity contribution in [3.05, 3.63) is 48.6 Å². The molecular weight excluding hydrogens is 1030 g/mol. The number of phosphoric ester groups is 1. The van der Waals surface area contributed by atoms with Crippen molar-refractivity contribution in [1.29, 1.82) is 0 Å². The van der Waals surface area contributed by atoms with Gasteiger partial charge in [-0.25, -0.2) is 4.57 Å². The van der Waals surface area contributed by atoms with Crippen molar-refractivity contribution in [2.24, 2.45) is 5.73 Å². The predicted octanol–water partition coefficient (Wildman–Crippen LogP) is 22.9. The summed E-state index contributed by atoms with van der Waals surface area (Å²) < 4.78 is 33.2. The van der Waals surface area contributed by atoms with Crippen LogP contribution in [0.3, 0.4) is 0 Å². The van der Waals surface area contributed by atoms with E-state index in [-0.39, 0.29) is 38.6 Å². The van der Waals surface area contributed by atoms with Gasteiger partial charge in [-0.05, 0) is 77.0 Å². The summed E-state index contributed by atoms with van der Waals surface area (Å²) in [6.45, 7) is 3.78. The van der Waals surface area contributed by atoms with Crippen LogP contribution in [-0.4, -0.2) is 49.3 Å². The van der Waals surface area contributed by atoms with Gasteiger partial charge in [0.2, 0.25) is 0 Å². The summed E-state index contributed by atoms with van der Waals surface area (Å²) in [7, 11) is -4.39. The molecule has 0 aromatic rings. The Hall–Kier alpha value is -2.03. The summed E-state index contributed by atoms with van der Waals surface area (Å²) in [5.74, 6) is -0.812. The highest BCUT2D eigenvalue weighted by Crippen LogP contribution is 2.43. The van der Waals surface area contributed by atoms with E-state index in [1.165, 1.54) is 283 Å². The fourth-order valence-corrected chi connectivity index (χ4v) is 11.2. The molecule has 0 aromatic heterocycles. The Morgan fingerprint density at radius 1 is 0.370 bits per heavy atom. The molecule has 2 unspecified atom stereocenters. The van der Waals surface area contributed by atoms with Crippen LogP contribution in [-0.2, 0) is 32.7 Å². The Balaban J connectivity index is 3.80. The maximum atomic E-state index is 12.8. The third-order valence-corrected chi connectivity index (χ3v) is 16.7. The molecule has 0 amide bonds. The van der Waals surface area contributed by atoms with E-state index in [0.717, 1.165) is 44.9 Å². The molecular formula is C71H134NO8P. The summed E-state index contributed by atoms with van der Waals surface area (Å²) in [4.78, 5) is 35.3. The quantitative estimate of drug-likeness (QED) is 0.0264. The first-order valence-corrected chi connectivity index (χ1v) is 36.6. The van der Waals surface area contributed by atoms with Gasteiger partial charge in [-0.1, -0.05) is 319 Å². The number of hydrogen-bond donors (Lipinski definition) is 2. The van der Waals surface area contributed by atoms with E-state index in [4.69, 9.17) is 24.3 Å². The lowest BCUT2D eigenvalue weighted by Crippen LogP contribution is -2.29. The second-order valence-corrected chi connectivity index (χ2v) is 25.2. The second-order valence-electron chi connectivity index (χ2n) is 23.7. The van der Waals surface area contributed by atoms with Gasteiger partial charge in [0.15, 0.2) is 6.10 Å². The van der Waals surface area contributed by atoms with Gasteiger partial charge in [-0.2, -0.15) is 0 Å². The maximum Gasteiger partial charge on any atom is 0.472 e. The molecule has 2 atom stereocenters. The molecule has 81 heavy (non-hydrogen) atoms. The molecule has 10 heteroatoms. The number of rotatable bonds is 67. The van der Waals surface area contributed by atoms with E-state index in [0.29, 0.717) is 6.42 Å². The molecule has 0 saturated heterocycles. The van der Waals surface area contributed by atoms with E-state index < -0.39 is 26.5 Å². The molecule has 3 N–H and O–H groups in total. The van der Waals surface area contributed by atoms with Crippen molar-refractivity contribution >= 4 is 19.8 Å². The zero-order chi connectivity index (χ0) is 58.7. The van der Waals surface area contributed by atoms with Gasteiger partial charge < -0.3 is 20.1 Å². The van der Waals surface area contributed by atoms with Crippen molar-refractivity contribution in [2.45, 2.75) is 367 Å². The molecule has 0 fully saturated rings. The lowest BCUT2D eigenvalue weighted by Gasteiger charge is -2.19. The van der Waals surface area contributed by atoms with Crippen LogP contribution in [0.1, 0.15) is 361 Å². The normalized spacial score (nSPS) is 13.2. The largest absolute Gasteiger partial charge is 0.472 e. The smallest absolute Gasteiger partial charge is 0.462 e. The van der Waals surface area contributed by atoms with E-state index in [9.17, 15) is 19.0 Å². The van der Waals surface area contributed by atoms with Crippen LogP contribution in [0.2, 0.25) is 0 Å². The molecule has 0 radical (unpaired) electrons. The molecule has 0 rings (SSSR count). The van der Waals surface area contributed by atoms with Gasteiger partial charge in [-0.15, -0.1) is 0 Å². The van der Waals surface area contributed by atoms with Crippen molar-refractivity contribution < 1.29 is 37.6 Å². The number of carbonyl (C=O) groups is 2. The Kier molecular flexibility index (Phi) is 65.4. The van der Waals surface area contributed by atoms with Crippen LogP contribution in [0.25, 0.3) is 0 Å². The lowest BCUT2D eigenvalue weighted by molar-refractivity contribution is -0.161. The second kappa shape index (κ2) is 67.1. The lowest BCUT2D eigenvalue weighted by atomic mass is 10.0. The third kappa shape index (κ3) is 67.0. The van der Waals surface area contributed by atoms with Gasteiger partial charge in [-0.3, -0.25) is 18.6 Å². The van der Waals surface area contributed by atoms with Gasteiger partial charge in [0.1, 0.15) is 6.61 Å². The van der Waals surface area contributed by atoms with E-state index in [2.05, 4.69) is 62.5 Å². The highest BCUT2D eigenvalue weighted by atomic mass is 31.2. The molecule has 0 aliphatic heterocycles. The number of esters is 2. The maximum absolute atomic E-state index is 12.8. The number of allylic oxidation sites excluding steroid dienone is 8. The number of phosphoric acid groups is 1. The SMILES string of the molecule is CCCCCCC/C=C\C/C=C\CCCCCCCCCCCCCCCCCCCCCCCCCCCC(=O)OC(COC(=O)CCCCCCCCCCCCC/C=C\C/C=C\CCCCCCC)COP(=O)(O)OCCN. The average Bonchev–Trinajstić information content (AvgIpc) is 3.46. The van der Waals surface area contributed by atoms with Gasteiger partial charge >= 0.3 is 19.8 Å². The first-order valence-electron chi connectivity index (χ1n) is 35.1. The summed E-state index contributed by atoms with van der Waals surface area (Å²) in [5, 5.41) is 0. The zero-order valence-corrected chi connectivity index (χ0v) is 54.4. The first kappa shape index (κ1) is 79.0. The monoisotopic (exact) mass is 1160 g/mol. The minimum Gasteiger partial charge on any atom is -0.462 e. The van der Waals surface area contributed by atoms with Crippen LogP contribution in [0.15, 0.2) is 48.6 Å². The molecule has 0 bridgehead atoms. The Labute approximate surface area is 502 Å². The number of hydrogen-bond acceptors (Lipinski definition) is 8. The molecule has 476 valence electrons. The molecule has 0 aliphatic carbocycles. The molecule has 0 saturated carbocycles. The summed E-state index contributed by atoms with van der Waals surface area (Å²) in [6.07, 6.45) is 85.0. The van der Waals surface area contributed by atoms with Crippen molar-refractivity contribution in [1.82, 2.24) is 0 Å². The number of nitrogens with two attached hydrogens (primary N) is 1. The third-order valence-electron chi connectivity index (χ3n) is 15.7. The average molecular weight is 1160 g/mol. The van der Waals surface area contributed by atoms with Crippen molar-refractivity contribution in [3.8, 4) is 0 Å². The fourth-order valence-electron chi connectivity index (χ4n) is 10.5. The zero-order valence-electron chi connectivity index (χ0n) is 53.5. The molecule has 0 aliphatic rings. The van der Waals surface area contributed by atoms with Crippen LogP contribution < -0.4 is 5.73 Å². The van der Waals surface area contributed by atoms with E-state index >= 15 is 0 Å². The summed E-state index contributed by atoms with van der Waals surface area (Å²) >= 11 is 0. The Morgan fingerprint density at radius 3 is 0.938 bits per heavy atom. The van der Waals surface area contributed by atoms with Crippen LogP contribution >= 0.6 is 7.82 Å². The number of ether oxygens (including phenoxy) is 2. The van der Waals surface area contributed by atoms with Crippen LogP contribution in [0.5, 0.6) is 0 Å². The minimum absolute atomic E-state index is 0.0545.